The van der Waals surface area contributed by atoms with Gasteiger partial charge >= 0.3 is 0 Å². The Bertz CT molecular complexity index is 323. The molecule has 0 heterocycles. The van der Waals surface area contributed by atoms with E-state index in [9.17, 15) is 0 Å². The van der Waals surface area contributed by atoms with E-state index in [4.69, 9.17) is 9.47 Å². The molecule has 0 aromatic rings. The smallest absolute Gasteiger partial charge is 0.155 e. The van der Waals surface area contributed by atoms with Gasteiger partial charge in [0.1, 0.15) is 0 Å². The summed E-state index contributed by atoms with van der Waals surface area (Å²) in [4.78, 5) is 0. The number of ether oxygens (including phenoxy) is 2. The van der Waals surface area contributed by atoms with Gasteiger partial charge in [0, 0.05) is 0 Å². The Morgan fingerprint density at radius 3 is 2.39 bits per heavy atom. The molecule has 2 rings (SSSR count). The van der Waals surface area contributed by atoms with Gasteiger partial charge in [-0.05, 0) is 49.9 Å². The second-order valence-electron chi connectivity index (χ2n) is 6.88. The molecule has 2 bridgehead atoms. The van der Waals surface area contributed by atoms with Crippen LogP contribution >= 0.6 is 0 Å². The van der Waals surface area contributed by atoms with Crippen LogP contribution in [-0.2, 0) is 9.47 Å². The molecule has 5 unspecified atom stereocenters. The van der Waals surface area contributed by atoms with E-state index in [0.29, 0.717) is 16.9 Å². The van der Waals surface area contributed by atoms with Crippen molar-refractivity contribution in [3.63, 3.8) is 0 Å². The molecule has 0 amide bonds. The van der Waals surface area contributed by atoms with Crippen molar-refractivity contribution >= 4 is 0 Å². The first-order chi connectivity index (χ1) is 8.31. The molecule has 0 aliphatic heterocycles. The second kappa shape index (κ2) is 4.64. The molecule has 5 atom stereocenters. The predicted octanol–water partition coefficient (Wildman–Crippen LogP) is 4.15. The molecular formula is C16H28O2. The van der Waals surface area contributed by atoms with Crippen molar-refractivity contribution in [1.29, 1.82) is 0 Å². The third-order valence-electron chi connectivity index (χ3n) is 5.81. The van der Waals surface area contributed by atoms with Crippen LogP contribution in [0.15, 0.2) is 12.7 Å². The van der Waals surface area contributed by atoms with Gasteiger partial charge in [-0.3, -0.25) is 0 Å². The predicted molar refractivity (Wildman–Crippen MR) is 74.3 cm³/mol. The monoisotopic (exact) mass is 252 g/mol. The van der Waals surface area contributed by atoms with Crippen molar-refractivity contribution in [2.24, 2.45) is 16.7 Å². The molecule has 2 saturated carbocycles. The van der Waals surface area contributed by atoms with E-state index in [0.717, 1.165) is 5.92 Å². The molecule has 0 saturated heterocycles. The lowest BCUT2D eigenvalue weighted by atomic mass is 9.70. The Labute approximate surface area is 112 Å². The first-order valence-corrected chi connectivity index (χ1v) is 7.24. The van der Waals surface area contributed by atoms with Gasteiger partial charge in [0.05, 0.1) is 12.2 Å². The minimum atomic E-state index is -0.144. The Balaban J connectivity index is 1.98. The van der Waals surface area contributed by atoms with Gasteiger partial charge in [0.2, 0.25) is 0 Å². The summed E-state index contributed by atoms with van der Waals surface area (Å²) in [6.45, 7) is 15.0. The highest BCUT2D eigenvalue weighted by Crippen LogP contribution is 2.66. The molecule has 0 N–H and O–H groups in total. The molecule has 0 spiro atoms. The molecule has 2 nitrogen and oxygen atoms in total. The Hall–Kier alpha value is -0.340. The van der Waals surface area contributed by atoms with Crippen molar-refractivity contribution in [3.8, 4) is 0 Å². The Morgan fingerprint density at radius 1 is 1.28 bits per heavy atom. The quantitative estimate of drug-likeness (QED) is 0.540. The number of hydrogen-bond donors (Lipinski definition) is 0. The molecular weight excluding hydrogens is 224 g/mol. The summed E-state index contributed by atoms with van der Waals surface area (Å²) in [7, 11) is 0. The molecule has 0 radical (unpaired) electrons. The highest BCUT2D eigenvalue weighted by Gasteiger charge is 2.62. The maximum absolute atomic E-state index is 6.19. The van der Waals surface area contributed by atoms with Crippen molar-refractivity contribution in [2.45, 2.75) is 72.4 Å². The average Bonchev–Trinajstić information content (AvgIpc) is 2.61. The van der Waals surface area contributed by atoms with Crippen LogP contribution < -0.4 is 0 Å². The third-order valence-corrected chi connectivity index (χ3v) is 5.81. The van der Waals surface area contributed by atoms with Crippen LogP contribution in [0.2, 0.25) is 0 Å². The molecule has 2 fully saturated rings. The Morgan fingerprint density at radius 2 is 1.94 bits per heavy atom. The molecule has 0 aromatic heterocycles. The third kappa shape index (κ3) is 2.04. The zero-order valence-corrected chi connectivity index (χ0v) is 12.5. The normalized spacial score (nSPS) is 40.7. The van der Waals surface area contributed by atoms with Crippen LogP contribution in [0.3, 0.4) is 0 Å². The molecule has 0 aromatic carbocycles. The lowest BCUT2D eigenvalue weighted by Gasteiger charge is -2.40. The summed E-state index contributed by atoms with van der Waals surface area (Å²) in [6.07, 6.45) is 5.92. The summed E-state index contributed by atoms with van der Waals surface area (Å²) in [5.74, 6) is 0.816. The fraction of sp³-hybridized carbons (Fsp3) is 0.875. The first kappa shape index (κ1) is 14.1. The molecule has 2 aliphatic rings. The minimum Gasteiger partial charge on any atom is -0.349 e. The van der Waals surface area contributed by atoms with Gasteiger partial charge in [0.15, 0.2) is 6.29 Å². The topological polar surface area (TPSA) is 18.5 Å². The molecule has 2 aliphatic carbocycles. The van der Waals surface area contributed by atoms with Gasteiger partial charge in [-0.25, -0.2) is 0 Å². The lowest BCUT2D eigenvalue weighted by Crippen LogP contribution is -2.39. The first-order valence-electron chi connectivity index (χ1n) is 7.24. The average molecular weight is 252 g/mol. The van der Waals surface area contributed by atoms with Gasteiger partial charge in [-0.1, -0.05) is 26.8 Å². The standard InChI is InChI=1S/C16H28O2/c1-7-11(2)17-12(3)18-14-10-13-8-9-16(14,6)15(13,4)5/h7,11-14H,1,8-10H2,2-6H3. The van der Waals surface area contributed by atoms with Gasteiger partial charge < -0.3 is 9.47 Å². The van der Waals surface area contributed by atoms with E-state index in [1.807, 2.05) is 19.9 Å². The second-order valence-corrected chi connectivity index (χ2v) is 6.88. The van der Waals surface area contributed by atoms with E-state index in [1.165, 1.54) is 19.3 Å². The Kier molecular flexibility index (Phi) is 3.63. The summed E-state index contributed by atoms with van der Waals surface area (Å²) in [6, 6.07) is 0. The van der Waals surface area contributed by atoms with E-state index in [-0.39, 0.29) is 12.4 Å². The molecule has 18 heavy (non-hydrogen) atoms. The molecule has 104 valence electrons. The highest BCUT2D eigenvalue weighted by atomic mass is 16.7. The van der Waals surface area contributed by atoms with E-state index in [2.05, 4.69) is 27.4 Å². The van der Waals surface area contributed by atoms with Crippen LogP contribution in [0.4, 0.5) is 0 Å². The summed E-state index contributed by atoms with van der Waals surface area (Å²) >= 11 is 0. The summed E-state index contributed by atoms with van der Waals surface area (Å²) in [5, 5.41) is 0. The number of fused-ring (bicyclic) bond motifs is 2. The minimum absolute atomic E-state index is 0.0550. The maximum Gasteiger partial charge on any atom is 0.155 e. The molecule has 2 heteroatoms. The summed E-state index contributed by atoms with van der Waals surface area (Å²) < 4.78 is 11.9. The van der Waals surface area contributed by atoms with E-state index < -0.39 is 0 Å². The van der Waals surface area contributed by atoms with Gasteiger partial charge in [0.25, 0.3) is 0 Å². The van der Waals surface area contributed by atoms with E-state index >= 15 is 0 Å². The maximum atomic E-state index is 6.19. The number of rotatable bonds is 5. The van der Waals surface area contributed by atoms with Crippen LogP contribution in [0.25, 0.3) is 0 Å². The van der Waals surface area contributed by atoms with Gasteiger partial charge in [-0.15, -0.1) is 6.58 Å². The lowest BCUT2D eigenvalue weighted by molar-refractivity contribution is -0.198. The van der Waals surface area contributed by atoms with Crippen molar-refractivity contribution in [2.75, 3.05) is 0 Å². The van der Waals surface area contributed by atoms with Gasteiger partial charge in [-0.2, -0.15) is 0 Å². The van der Waals surface area contributed by atoms with Crippen molar-refractivity contribution < 1.29 is 9.47 Å². The fourth-order valence-electron chi connectivity index (χ4n) is 3.96. The van der Waals surface area contributed by atoms with Crippen LogP contribution in [-0.4, -0.2) is 18.5 Å². The van der Waals surface area contributed by atoms with E-state index in [1.54, 1.807) is 0 Å². The fourth-order valence-corrected chi connectivity index (χ4v) is 3.96. The summed E-state index contributed by atoms with van der Waals surface area (Å²) in [5.41, 5.74) is 0.716. The van der Waals surface area contributed by atoms with Crippen LogP contribution in [0.1, 0.15) is 53.9 Å². The SMILES string of the molecule is C=CC(C)OC(C)OC1CC2CCC1(C)C2(C)C. The van der Waals surface area contributed by atoms with Crippen molar-refractivity contribution in [3.05, 3.63) is 12.7 Å². The number of hydrogen-bond acceptors (Lipinski definition) is 2. The van der Waals surface area contributed by atoms with Crippen molar-refractivity contribution in [1.82, 2.24) is 0 Å². The zero-order valence-electron chi connectivity index (χ0n) is 12.5. The zero-order chi connectivity index (χ0) is 13.6. The highest BCUT2D eigenvalue weighted by molar-refractivity contribution is 5.11. The van der Waals surface area contributed by atoms with Crippen LogP contribution in [0.5, 0.6) is 0 Å². The largest absolute Gasteiger partial charge is 0.349 e. The van der Waals surface area contributed by atoms with Crippen LogP contribution in [0, 0.1) is 16.7 Å².